The fourth-order valence-electron chi connectivity index (χ4n) is 1.11. The lowest BCUT2D eigenvalue weighted by molar-refractivity contribution is -0.136. The zero-order chi connectivity index (χ0) is 10.6. The third kappa shape index (κ3) is 3.26. The van der Waals surface area contributed by atoms with Gasteiger partial charge in [-0.3, -0.25) is 4.79 Å². The third-order valence-electron chi connectivity index (χ3n) is 1.57. The van der Waals surface area contributed by atoms with E-state index in [1.54, 1.807) is 31.2 Å². The van der Waals surface area contributed by atoms with E-state index in [9.17, 15) is 4.79 Å². The average molecular weight is 192 g/mol. The van der Waals surface area contributed by atoms with E-state index in [4.69, 9.17) is 10.8 Å². The van der Waals surface area contributed by atoms with Gasteiger partial charge in [0.05, 0.1) is 17.9 Å². The second-order valence-electron chi connectivity index (χ2n) is 2.99. The molecule has 0 unspecified atom stereocenters. The summed E-state index contributed by atoms with van der Waals surface area (Å²) < 4.78 is 0. The Hall–Kier alpha value is -1.84. The molecule has 0 saturated heterocycles. The molecule has 4 nitrogen and oxygen atoms in total. The monoisotopic (exact) mass is 192 g/mol. The quantitative estimate of drug-likeness (QED) is 0.560. The molecule has 0 aromatic heterocycles. The number of amidine groups is 1. The molecule has 0 aliphatic carbocycles. The van der Waals surface area contributed by atoms with Gasteiger partial charge in [0.1, 0.15) is 0 Å². The molecule has 0 atom stereocenters. The first-order valence-corrected chi connectivity index (χ1v) is 4.19. The Bertz CT molecular complexity index is 368. The van der Waals surface area contributed by atoms with Gasteiger partial charge in [-0.2, -0.15) is 0 Å². The highest BCUT2D eigenvalue weighted by atomic mass is 16.4. The van der Waals surface area contributed by atoms with E-state index in [1.807, 2.05) is 0 Å². The number of carbonyl (C=O) groups is 1. The van der Waals surface area contributed by atoms with Crippen molar-refractivity contribution in [1.82, 2.24) is 0 Å². The SMILES string of the molecule is CC(N)=Nc1cccc(CC(=O)O)c1. The second kappa shape index (κ2) is 4.41. The molecule has 0 amide bonds. The standard InChI is InChI=1S/C10H12N2O2/c1-7(11)12-9-4-2-3-8(5-9)6-10(13)14/h2-5H,6H2,1H3,(H2,11,12)(H,13,14). The number of nitrogens with two attached hydrogens (primary N) is 1. The van der Waals surface area contributed by atoms with Gasteiger partial charge in [0.25, 0.3) is 0 Å². The molecule has 0 aliphatic rings. The summed E-state index contributed by atoms with van der Waals surface area (Å²) >= 11 is 0. The average Bonchev–Trinajstić information content (AvgIpc) is 2.01. The number of carboxylic acids is 1. The lowest BCUT2D eigenvalue weighted by Gasteiger charge is -1.99. The first kappa shape index (κ1) is 10.2. The Morgan fingerprint density at radius 3 is 2.86 bits per heavy atom. The summed E-state index contributed by atoms with van der Waals surface area (Å²) in [5, 5.41) is 8.58. The molecule has 0 saturated carbocycles. The summed E-state index contributed by atoms with van der Waals surface area (Å²) in [6.07, 6.45) is 0.00692. The summed E-state index contributed by atoms with van der Waals surface area (Å²) in [5.74, 6) is -0.395. The van der Waals surface area contributed by atoms with Crippen molar-refractivity contribution in [2.24, 2.45) is 10.7 Å². The Morgan fingerprint density at radius 1 is 1.57 bits per heavy atom. The van der Waals surface area contributed by atoms with Crippen LogP contribution in [0.1, 0.15) is 12.5 Å². The van der Waals surface area contributed by atoms with Crippen molar-refractivity contribution in [3.8, 4) is 0 Å². The zero-order valence-electron chi connectivity index (χ0n) is 7.90. The van der Waals surface area contributed by atoms with Gasteiger partial charge in [0.15, 0.2) is 0 Å². The topological polar surface area (TPSA) is 75.7 Å². The van der Waals surface area contributed by atoms with E-state index in [0.29, 0.717) is 11.5 Å². The van der Waals surface area contributed by atoms with Crippen LogP contribution in [0.5, 0.6) is 0 Å². The maximum absolute atomic E-state index is 10.4. The largest absolute Gasteiger partial charge is 0.481 e. The Balaban J connectivity index is 2.89. The van der Waals surface area contributed by atoms with E-state index in [-0.39, 0.29) is 6.42 Å². The molecule has 0 fully saturated rings. The summed E-state index contributed by atoms with van der Waals surface area (Å²) in [4.78, 5) is 14.5. The molecule has 1 rings (SSSR count). The molecule has 0 bridgehead atoms. The summed E-state index contributed by atoms with van der Waals surface area (Å²) in [5.41, 5.74) is 6.82. The molecule has 0 aliphatic heterocycles. The maximum Gasteiger partial charge on any atom is 0.307 e. The molecule has 14 heavy (non-hydrogen) atoms. The first-order valence-electron chi connectivity index (χ1n) is 4.19. The van der Waals surface area contributed by atoms with Gasteiger partial charge in [-0.25, -0.2) is 4.99 Å². The zero-order valence-corrected chi connectivity index (χ0v) is 7.90. The van der Waals surface area contributed by atoms with E-state index in [1.165, 1.54) is 0 Å². The molecule has 74 valence electrons. The van der Waals surface area contributed by atoms with Gasteiger partial charge in [-0.15, -0.1) is 0 Å². The predicted molar refractivity (Wildman–Crippen MR) is 54.7 cm³/mol. The van der Waals surface area contributed by atoms with Crippen molar-refractivity contribution < 1.29 is 9.90 Å². The van der Waals surface area contributed by atoms with Crippen LogP contribution in [0.2, 0.25) is 0 Å². The van der Waals surface area contributed by atoms with Crippen LogP contribution in [0.4, 0.5) is 5.69 Å². The van der Waals surface area contributed by atoms with Gasteiger partial charge in [0.2, 0.25) is 0 Å². The third-order valence-corrected chi connectivity index (χ3v) is 1.57. The Morgan fingerprint density at radius 2 is 2.29 bits per heavy atom. The van der Waals surface area contributed by atoms with E-state index in [2.05, 4.69) is 4.99 Å². The van der Waals surface area contributed by atoms with Crippen molar-refractivity contribution in [2.45, 2.75) is 13.3 Å². The number of hydrogen-bond donors (Lipinski definition) is 2. The van der Waals surface area contributed by atoms with Crippen molar-refractivity contribution >= 4 is 17.5 Å². The van der Waals surface area contributed by atoms with Gasteiger partial charge < -0.3 is 10.8 Å². The fraction of sp³-hybridized carbons (Fsp3) is 0.200. The fourth-order valence-corrected chi connectivity index (χ4v) is 1.11. The van der Waals surface area contributed by atoms with Crippen LogP contribution in [0.15, 0.2) is 29.3 Å². The smallest absolute Gasteiger partial charge is 0.307 e. The highest BCUT2D eigenvalue weighted by molar-refractivity contribution is 5.80. The van der Waals surface area contributed by atoms with E-state index >= 15 is 0 Å². The molecule has 0 spiro atoms. The Labute approximate surface area is 82.1 Å². The molecular formula is C10H12N2O2. The van der Waals surface area contributed by atoms with Crippen molar-refractivity contribution in [3.05, 3.63) is 29.8 Å². The van der Waals surface area contributed by atoms with Crippen molar-refractivity contribution in [2.75, 3.05) is 0 Å². The van der Waals surface area contributed by atoms with Crippen LogP contribution >= 0.6 is 0 Å². The van der Waals surface area contributed by atoms with Gasteiger partial charge in [-0.05, 0) is 24.6 Å². The number of aliphatic carboxylic acids is 1. The molecule has 1 aromatic carbocycles. The number of nitrogens with zero attached hydrogens (tertiary/aromatic N) is 1. The normalized spacial score (nSPS) is 11.4. The number of carboxylic acid groups (broad SMARTS) is 1. The van der Waals surface area contributed by atoms with E-state index in [0.717, 1.165) is 5.56 Å². The minimum Gasteiger partial charge on any atom is -0.481 e. The van der Waals surface area contributed by atoms with Crippen LogP contribution < -0.4 is 5.73 Å². The predicted octanol–water partition coefficient (Wildman–Crippen LogP) is 1.32. The van der Waals surface area contributed by atoms with Crippen LogP contribution in [0.25, 0.3) is 0 Å². The highest BCUT2D eigenvalue weighted by Crippen LogP contribution is 2.14. The maximum atomic E-state index is 10.4. The lowest BCUT2D eigenvalue weighted by Crippen LogP contribution is -2.04. The number of hydrogen-bond acceptors (Lipinski definition) is 2. The molecule has 4 heteroatoms. The summed E-state index contributed by atoms with van der Waals surface area (Å²) in [6.45, 7) is 1.68. The Kier molecular flexibility index (Phi) is 3.23. The van der Waals surface area contributed by atoms with Crippen LogP contribution in [-0.2, 0) is 11.2 Å². The summed E-state index contributed by atoms with van der Waals surface area (Å²) in [6, 6.07) is 7.01. The molecule has 3 N–H and O–H groups in total. The number of rotatable bonds is 3. The van der Waals surface area contributed by atoms with Crippen LogP contribution in [-0.4, -0.2) is 16.9 Å². The number of benzene rings is 1. The number of aliphatic imine (C=N–C) groups is 1. The van der Waals surface area contributed by atoms with Crippen LogP contribution in [0.3, 0.4) is 0 Å². The molecule has 0 radical (unpaired) electrons. The first-order chi connectivity index (χ1) is 6.58. The highest BCUT2D eigenvalue weighted by Gasteiger charge is 2.00. The molecule has 1 aromatic rings. The van der Waals surface area contributed by atoms with Gasteiger partial charge in [-0.1, -0.05) is 12.1 Å². The van der Waals surface area contributed by atoms with Crippen LogP contribution in [0, 0.1) is 0 Å². The van der Waals surface area contributed by atoms with Gasteiger partial charge >= 0.3 is 5.97 Å². The van der Waals surface area contributed by atoms with E-state index < -0.39 is 5.97 Å². The minimum atomic E-state index is -0.851. The minimum absolute atomic E-state index is 0.00692. The second-order valence-corrected chi connectivity index (χ2v) is 2.99. The van der Waals surface area contributed by atoms with Crippen molar-refractivity contribution in [3.63, 3.8) is 0 Å². The van der Waals surface area contributed by atoms with Gasteiger partial charge in [0, 0.05) is 0 Å². The lowest BCUT2D eigenvalue weighted by atomic mass is 10.1. The van der Waals surface area contributed by atoms with Crippen molar-refractivity contribution in [1.29, 1.82) is 0 Å². The molecule has 0 heterocycles. The summed E-state index contributed by atoms with van der Waals surface area (Å²) in [7, 11) is 0. The molecular weight excluding hydrogens is 180 g/mol.